The minimum absolute atomic E-state index is 0.0234. The average molecular weight is 606 g/mol. The number of piperidine rings is 2. The molecule has 3 fully saturated rings. The van der Waals surface area contributed by atoms with Gasteiger partial charge in [-0.25, -0.2) is 14.5 Å². The monoisotopic (exact) mass is 605 g/mol. The van der Waals surface area contributed by atoms with Gasteiger partial charge in [0.25, 0.3) is 11.8 Å². The number of fused-ring (bicyclic) bond motifs is 3. The van der Waals surface area contributed by atoms with Gasteiger partial charge < -0.3 is 20.0 Å². The third-order valence-corrected chi connectivity index (χ3v) is 8.97. The highest BCUT2D eigenvalue weighted by Crippen LogP contribution is 2.30. The van der Waals surface area contributed by atoms with Crippen molar-refractivity contribution >= 4 is 50.5 Å². The molecule has 1 N–H and O–H groups in total. The SMILES string of the molecule is Cn1nnc2c(C(=O)N3CCC(N4C(=O)NC5CN(C(=O)c6cnc7cc(Br)ccn67)CCC54)CC3)cccc21. The predicted molar refractivity (Wildman–Crippen MR) is 149 cm³/mol. The van der Waals surface area contributed by atoms with Crippen LogP contribution in [-0.4, -0.2) is 101 Å². The van der Waals surface area contributed by atoms with E-state index in [1.54, 1.807) is 21.3 Å². The van der Waals surface area contributed by atoms with E-state index >= 15 is 0 Å². The lowest BCUT2D eigenvalue weighted by molar-refractivity contribution is 0.0543. The van der Waals surface area contributed by atoms with Crippen molar-refractivity contribution in [2.24, 2.45) is 7.05 Å². The van der Waals surface area contributed by atoms with E-state index in [1.807, 2.05) is 52.2 Å². The predicted octanol–water partition coefficient (Wildman–Crippen LogP) is 2.29. The van der Waals surface area contributed by atoms with Gasteiger partial charge in [-0.1, -0.05) is 27.2 Å². The topological polar surface area (TPSA) is 121 Å². The second-order valence-electron chi connectivity index (χ2n) is 10.7. The molecule has 1 aromatic carbocycles. The Kier molecular flexibility index (Phi) is 5.99. The zero-order chi connectivity index (χ0) is 27.5. The van der Waals surface area contributed by atoms with Crippen LogP contribution in [0.4, 0.5) is 4.79 Å². The van der Waals surface area contributed by atoms with E-state index in [1.165, 1.54) is 0 Å². The minimum Gasteiger partial charge on any atom is -0.338 e. The summed E-state index contributed by atoms with van der Waals surface area (Å²) in [6, 6.07) is 9.15. The Balaban J connectivity index is 1.01. The molecule has 0 spiro atoms. The fraction of sp³-hybridized carbons (Fsp3) is 0.407. The molecule has 3 aliphatic rings. The first kappa shape index (κ1) is 25.0. The summed E-state index contributed by atoms with van der Waals surface area (Å²) in [6.45, 7) is 2.15. The van der Waals surface area contributed by atoms with Crippen molar-refractivity contribution in [3.05, 3.63) is 58.5 Å². The number of carbonyl (C=O) groups is 3. The first-order valence-corrected chi connectivity index (χ1v) is 14.3. The van der Waals surface area contributed by atoms with Crippen LogP contribution in [0.1, 0.15) is 40.1 Å². The summed E-state index contributed by atoms with van der Waals surface area (Å²) in [5.41, 5.74) is 3.19. The average Bonchev–Trinajstić information content (AvgIpc) is 3.66. The minimum atomic E-state index is -0.132. The van der Waals surface area contributed by atoms with Crippen LogP contribution in [-0.2, 0) is 7.05 Å². The van der Waals surface area contributed by atoms with Crippen molar-refractivity contribution in [3.63, 3.8) is 0 Å². The van der Waals surface area contributed by atoms with Gasteiger partial charge in [0.05, 0.1) is 29.4 Å². The molecule has 206 valence electrons. The van der Waals surface area contributed by atoms with Crippen LogP contribution in [0.15, 0.2) is 47.2 Å². The summed E-state index contributed by atoms with van der Waals surface area (Å²) in [5, 5.41) is 11.4. The zero-order valence-corrected chi connectivity index (χ0v) is 23.5. The van der Waals surface area contributed by atoms with Gasteiger partial charge in [-0.3, -0.25) is 14.0 Å². The summed E-state index contributed by atoms with van der Waals surface area (Å²) >= 11 is 3.44. The van der Waals surface area contributed by atoms with E-state index in [2.05, 4.69) is 36.5 Å². The Morgan fingerprint density at radius 1 is 1.05 bits per heavy atom. The highest BCUT2D eigenvalue weighted by Gasteiger charge is 2.47. The number of halogens is 1. The Hall–Kier alpha value is -4.00. The van der Waals surface area contributed by atoms with E-state index in [9.17, 15) is 14.4 Å². The van der Waals surface area contributed by atoms with Crippen LogP contribution in [0.25, 0.3) is 16.7 Å². The van der Waals surface area contributed by atoms with E-state index in [0.29, 0.717) is 67.9 Å². The lowest BCUT2D eigenvalue weighted by Gasteiger charge is -2.42. The number of likely N-dealkylation sites (tertiary alicyclic amines) is 2. The molecule has 7 rings (SSSR count). The summed E-state index contributed by atoms with van der Waals surface area (Å²) in [4.78, 5) is 49.9. The van der Waals surface area contributed by atoms with E-state index in [0.717, 1.165) is 9.99 Å². The number of benzene rings is 1. The Morgan fingerprint density at radius 3 is 2.67 bits per heavy atom. The maximum Gasteiger partial charge on any atom is 0.318 e. The van der Waals surface area contributed by atoms with E-state index < -0.39 is 0 Å². The molecule has 4 aromatic rings. The second-order valence-corrected chi connectivity index (χ2v) is 11.6. The molecule has 3 saturated heterocycles. The highest BCUT2D eigenvalue weighted by atomic mass is 79.9. The third-order valence-electron chi connectivity index (χ3n) is 8.48. The van der Waals surface area contributed by atoms with Gasteiger partial charge in [0.2, 0.25) is 0 Å². The van der Waals surface area contributed by atoms with Crippen LogP contribution < -0.4 is 5.32 Å². The van der Waals surface area contributed by atoms with Gasteiger partial charge in [0, 0.05) is 49.9 Å². The molecule has 40 heavy (non-hydrogen) atoms. The lowest BCUT2D eigenvalue weighted by atomic mass is 9.95. The third kappa shape index (κ3) is 4.02. The highest BCUT2D eigenvalue weighted by molar-refractivity contribution is 9.10. The normalized spacial score (nSPS) is 21.8. The molecule has 13 heteroatoms. The number of hydrogen-bond donors (Lipinski definition) is 1. The molecule has 12 nitrogen and oxygen atoms in total. The fourth-order valence-electron chi connectivity index (χ4n) is 6.44. The number of hydrogen-bond acceptors (Lipinski definition) is 6. The van der Waals surface area contributed by atoms with Crippen molar-refractivity contribution in [1.82, 2.24) is 44.4 Å². The number of pyridine rings is 1. The Bertz CT molecular complexity index is 1660. The summed E-state index contributed by atoms with van der Waals surface area (Å²) in [6.07, 6.45) is 5.55. The molecule has 0 bridgehead atoms. The van der Waals surface area contributed by atoms with Crippen LogP contribution in [0.3, 0.4) is 0 Å². The molecule has 3 aromatic heterocycles. The van der Waals surface area contributed by atoms with Crippen molar-refractivity contribution in [2.45, 2.75) is 37.4 Å². The molecular formula is C27H28BrN9O3. The van der Waals surface area contributed by atoms with Crippen molar-refractivity contribution in [2.75, 3.05) is 26.2 Å². The summed E-state index contributed by atoms with van der Waals surface area (Å²) in [7, 11) is 1.81. The number of nitrogens with zero attached hydrogens (tertiary/aromatic N) is 8. The van der Waals surface area contributed by atoms with Gasteiger partial charge in [0.15, 0.2) is 0 Å². The molecule has 2 unspecified atom stereocenters. The van der Waals surface area contributed by atoms with Gasteiger partial charge >= 0.3 is 6.03 Å². The fourth-order valence-corrected chi connectivity index (χ4v) is 6.77. The largest absolute Gasteiger partial charge is 0.338 e. The molecule has 0 saturated carbocycles. The number of aromatic nitrogens is 5. The van der Waals surface area contributed by atoms with Crippen molar-refractivity contribution in [3.8, 4) is 0 Å². The molecule has 3 aliphatic heterocycles. The molecule has 0 aliphatic carbocycles. The number of rotatable bonds is 3. The smallest absolute Gasteiger partial charge is 0.318 e. The second kappa shape index (κ2) is 9.58. The van der Waals surface area contributed by atoms with Gasteiger partial charge in [-0.15, -0.1) is 5.10 Å². The number of imidazole rings is 1. The summed E-state index contributed by atoms with van der Waals surface area (Å²) < 4.78 is 4.35. The standard InChI is InChI=1S/C27H28BrN9O3/c1-33-21-4-2-3-18(24(21)31-32-33)25(38)34-9-6-17(7-10-34)37-20-8-11-35(15-19(20)30-27(37)40)26(39)22-14-29-23-13-16(28)5-12-36(22)23/h2-5,12-14,17,19-20H,6-11,15H2,1H3,(H,30,40). The first-order chi connectivity index (χ1) is 19.4. The van der Waals surface area contributed by atoms with Gasteiger partial charge in [0.1, 0.15) is 16.9 Å². The number of amides is 4. The zero-order valence-electron chi connectivity index (χ0n) is 21.9. The maximum atomic E-state index is 13.4. The number of aryl methyl sites for hydroxylation is 1. The molecule has 6 heterocycles. The van der Waals surface area contributed by atoms with Gasteiger partial charge in [-0.2, -0.15) is 0 Å². The van der Waals surface area contributed by atoms with E-state index in [-0.39, 0.29) is 36.0 Å². The number of urea groups is 1. The number of carbonyl (C=O) groups excluding carboxylic acids is 3. The van der Waals surface area contributed by atoms with Crippen molar-refractivity contribution < 1.29 is 14.4 Å². The van der Waals surface area contributed by atoms with E-state index in [4.69, 9.17) is 0 Å². The molecule has 0 radical (unpaired) electrons. The molecule has 2 atom stereocenters. The quantitative estimate of drug-likeness (QED) is 0.382. The Morgan fingerprint density at radius 2 is 1.85 bits per heavy atom. The van der Waals surface area contributed by atoms with Crippen LogP contribution in [0.5, 0.6) is 0 Å². The van der Waals surface area contributed by atoms with Crippen LogP contribution >= 0.6 is 15.9 Å². The first-order valence-electron chi connectivity index (χ1n) is 13.5. The maximum absolute atomic E-state index is 13.4. The van der Waals surface area contributed by atoms with Crippen molar-refractivity contribution in [1.29, 1.82) is 0 Å². The molecular weight excluding hydrogens is 578 g/mol. The van der Waals surface area contributed by atoms with Crippen LogP contribution in [0, 0.1) is 0 Å². The Labute approximate surface area is 238 Å². The van der Waals surface area contributed by atoms with Crippen LogP contribution in [0.2, 0.25) is 0 Å². The lowest BCUT2D eigenvalue weighted by Crippen LogP contribution is -2.55. The molecule has 4 amide bonds. The van der Waals surface area contributed by atoms with Gasteiger partial charge in [-0.05, 0) is 43.5 Å². The summed E-state index contributed by atoms with van der Waals surface area (Å²) in [5.74, 6) is -0.147. The number of nitrogens with one attached hydrogen (secondary N) is 1.